The highest BCUT2D eigenvalue weighted by Crippen LogP contribution is 2.29. The molecule has 1 heterocycles. The largest absolute Gasteiger partial charge is 0.496 e. The Morgan fingerprint density at radius 2 is 2.00 bits per heavy atom. The quantitative estimate of drug-likeness (QED) is 0.823. The summed E-state index contributed by atoms with van der Waals surface area (Å²) in [5, 5.41) is 0. The fraction of sp³-hybridized carbons (Fsp3) is 0.538. The number of hydrogen-bond acceptors (Lipinski definition) is 4. The van der Waals surface area contributed by atoms with Crippen molar-refractivity contribution in [3.05, 3.63) is 22.7 Å². The highest BCUT2D eigenvalue weighted by molar-refractivity contribution is 9.10. The van der Waals surface area contributed by atoms with E-state index < -0.39 is 10.0 Å². The van der Waals surface area contributed by atoms with Gasteiger partial charge in [0.05, 0.1) is 16.5 Å². The first kappa shape index (κ1) is 15.8. The van der Waals surface area contributed by atoms with Crippen LogP contribution < -0.4 is 4.74 Å². The molecule has 2 rings (SSSR count). The molecule has 5 nitrogen and oxygen atoms in total. The maximum absolute atomic E-state index is 12.6. The first-order valence-electron chi connectivity index (χ1n) is 6.36. The van der Waals surface area contributed by atoms with E-state index in [0.717, 1.165) is 12.8 Å². The van der Waals surface area contributed by atoms with Crippen LogP contribution in [0, 0.1) is 0 Å². The molecule has 0 aromatic heterocycles. The Labute approximate surface area is 128 Å². The van der Waals surface area contributed by atoms with Gasteiger partial charge in [0.15, 0.2) is 0 Å². The fourth-order valence-corrected chi connectivity index (χ4v) is 4.35. The Balaban J connectivity index is 2.27. The van der Waals surface area contributed by atoms with Gasteiger partial charge in [-0.2, -0.15) is 4.31 Å². The number of sulfonamides is 1. The average Bonchev–Trinajstić information content (AvgIpc) is 2.47. The van der Waals surface area contributed by atoms with Gasteiger partial charge in [-0.15, -0.1) is 0 Å². The van der Waals surface area contributed by atoms with Crippen molar-refractivity contribution < 1.29 is 17.9 Å². The van der Waals surface area contributed by atoms with E-state index in [2.05, 4.69) is 15.9 Å². The summed E-state index contributed by atoms with van der Waals surface area (Å²) in [6.07, 6.45) is 1.46. The van der Waals surface area contributed by atoms with Crippen molar-refractivity contribution in [2.75, 3.05) is 27.4 Å². The fourth-order valence-electron chi connectivity index (χ4n) is 2.22. The summed E-state index contributed by atoms with van der Waals surface area (Å²) in [6.45, 7) is 1.22. The van der Waals surface area contributed by atoms with E-state index in [-0.39, 0.29) is 10.9 Å². The molecule has 0 radical (unpaired) electrons. The topological polar surface area (TPSA) is 55.8 Å². The Hall–Kier alpha value is -0.630. The lowest BCUT2D eigenvalue weighted by Crippen LogP contribution is -2.40. The van der Waals surface area contributed by atoms with Crippen LogP contribution in [0.15, 0.2) is 27.6 Å². The third-order valence-corrected chi connectivity index (χ3v) is 6.03. The molecule has 1 saturated heterocycles. The SMILES string of the molecule is COc1ccc(S(=O)(=O)N(C)C2CCOCC2)cc1Br. The van der Waals surface area contributed by atoms with Crippen molar-refractivity contribution in [2.24, 2.45) is 0 Å². The molecule has 1 fully saturated rings. The molecule has 1 aromatic rings. The summed E-state index contributed by atoms with van der Waals surface area (Å²) in [7, 11) is -0.321. The van der Waals surface area contributed by atoms with E-state index in [0.29, 0.717) is 23.4 Å². The van der Waals surface area contributed by atoms with Crippen molar-refractivity contribution in [1.82, 2.24) is 4.31 Å². The Kier molecular flexibility index (Phi) is 5.06. The predicted octanol–water partition coefficient (Wildman–Crippen LogP) is 2.26. The minimum Gasteiger partial charge on any atom is -0.496 e. The monoisotopic (exact) mass is 363 g/mol. The van der Waals surface area contributed by atoms with Crippen molar-refractivity contribution in [3.8, 4) is 5.75 Å². The van der Waals surface area contributed by atoms with Gasteiger partial charge in [0.2, 0.25) is 10.0 Å². The maximum Gasteiger partial charge on any atom is 0.243 e. The molecule has 20 heavy (non-hydrogen) atoms. The summed E-state index contributed by atoms with van der Waals surface area (Å²) in [5.41, 5.74) is 0. The van der Waals surface area contributed by atoms with E-state index in [1.165, 1.54) is 4.31 Å². The number of hydrogen-bond donors (Lipinski definition) is 0. The van der Waals surface area contributed by atoms with Crippen molar-refractivity contribution in [1.29, 1.82) is 0 Å². The van der Waals surface area contributed by atoms with E-state index in [9.17, 15) is 8.42 Å². The molecule has 7 heteroatoms. The zero-order chi connectivity index (χ0) is 14.8. The summed E-state index contributed by atoms with van der Waals surface area (Å²) in [4.78, 5) is 0.263. The molecule has 0 bridgehead atoms. The Bertz CT molecular complexity index is 570. The van der Waals surface area contributed by atoms with Crippen molar-refractivity contribution >= 4 is 26.0 Å². The molecule has 0 spiro atoms. The van der Waals surface area contributed by atoms with E-state index >= 15 is 0 Å². The number of halogens is 1. The van der Waals surface area contributed by atoms with Crippen LogP contribution in [0.3, 0.4) is 0 Å². The number of ether oxygens (including phenoxy) is 2. The number of nitrogens with zero attached hydrogens (tertiary/aromatic N) is 1. The van der Waals surface area contributed by atoms with Gasteiger partial charge < -0.3 is 9.47 Å². The minimum atomic E-state index is -3.49. The lowest BCUT2D eigenvalue weighted by atomic mass is 10.1. The predicted molar refractivity (Wildman–Crippen MR) is 79.5 cm³/mol. The highest BCUT2D eigenvalue weighted by atomic mass is 79.9. The molecule has 1 aliphatic rings. The molecular formula is C13H18BrNO4S. The van der Waals surface area contributed by atoms with Crippen LogP contribution in [-0.4, -0.2) is 46.1 Å². The molecule has 0 amide bonds. The Morgan fingerprint density at radius 1 is 1.35 bits per heavy atom. The van der Waals surface area contributed by atoms with Crippen LogP contribution in [0.25, 0.3) is 0 Å². The first-order chi connectivity index (χ1) is 9.46. The van der Waals surface area contributed by atoms with E-state index in [4.69, 9.17) is 9.47 Å². The molecule has 112 valence electrons. The Morgan fingerprint density at radius 3 is 2.55 bits per heavy atom. The molecule has 0 aliphatic carbocycles. The lowest BCUT2D eigenvalue weighted by Gasteiger charge is -2.30. The second kappa shape index (κ2) is 6.43. The second-order valence-electron chi connectivity index (χ2n) is 4.66. The minimum absolute atomic E-state index is 0.00497. The first-order valence-corrected chi connectivity index (χ1v) is 8.59. The summed E-state index contributed by atoms with van der Waals surface area (Å²) in [5.74, 6) is 0.609. The summed E-state index contributed by atoms with van der Waals surface area (Å²) in [6, 6.07) is 4.78. The van der Waals surface area contributed by atoms with E-state index in [1.807, 2.05) is 0 Å². The standard InChI is InChI=1S/C13H18BrNO4S/c1-15(10-5-7-19-8-6-10)20(16,17)11-3-4-13(18-2)12(14)9-11/h3-4,9-10H,5-8H2,1-2H3. The van der Waals surface area contributed by atoms with E-state index in [1.54, 1.807) is 32.4 Å². The molecule has 1 aromatic carbocycles. The molecule has 0 unspecified atom stereocenters. The normalized spacial score (nSPS) is 17.4. The molecule has 0 saturated carbocycles. The molecule has 0 atom stereocenters. The van der Waals surface area contributed by atoms with Crippen LogP contribution in [0.1, 0.15) is 12.8 Å². The molecule has 1 aliphatic heterocycles. The van der Waals surface area contributed by atoms with Gasteiger partial charge in [0.1, 0.15) is 5.75 Å². The van der Waals surface area contributed by atoms with Crippen LogP contribution in [0.4, 0.5) is 0 Å². The van der Waals surface area contributed by atoms with Gasteiger partial charge in [0.25, 0.3) is 0 Å². The third-order valence-electron chi connectivity index (χ3n) is 3.51. The number of methoxy groups -OCH3 is 1. The van der Waals surface area contributed by atoms with Crippen LogP contribution >= 0.6 is 15.9 Å². The summed E-state index contributed by atoms with van der Waals surface area (Å²) >= 11 is 3.32. The highest BCUT2D eigenvalue weighted by Gasteiger charge is 2.29. The zero-order valence-electron chi connectivity index (χ0n) is 11.5. The van der Waals surface area contributed by atoms with Crippen LogP contribution in [-0.2, 0) is 14.8 Å². The van der Waals surface area contributed by atoms with Gasteiger partial charge in [-0.05, 0) is 47.0 Å². The van der Waals surface area contributed by atoms with Crippen molar-refractivity contribution in [2.45, 2.75) is 23.8 Å². The third kappa shape index (κ3) is 3.16. The second-order valence-corrected chi connectivity index (χ2v) is 7.51. The number of rotatable bonds is 4. The lowest BCUT2D eigenvalue weighted by molar-refractivity contribution is 0.0632. The number of benzene rings is 1. The van der Waals surface area contributed by atoms with Gasteiger partial charge in [0, 0.05) is 26.3 Å². The maximum atomic E-state index is 12.6. The summed E-state index contributed by atoms with van der Waals surface area (Å²) < 4.78 is 37.7. The van der Waals surface area contributed by atoms with Gasteiger partial charge in [-0.3, -0.25) is 0 Å². The smallest absolute Gasteiger partial charge is 0.243 e. The van der Waals surface area contributed by atoms with Crippen molar-refractivity contribution in [3.63, 3.8) is 0 Å². The van der Waals surface area contributed by atoms with Gasteiger partial charge in [-0.25, -0.2) is 8.42 Å². The van der Waals surface area contributed by atoms with Crippen LogP contribution in [0.2, 0.25) is 0 Å². The molecular weight excluding hydrogens is 346 g/mol. The average molecular weight is 364 g/mol. The van der Waals surface area contributed by atoms with Crippen LogP contribution in [0.5, 0.6) is 5.75 Å². The van der Waals surface area contributed by atoms with Gasteiger partial charge >= 0.3 is 0 Å². The van der Waals surface area contributed by atoms with Gasteiger partial charge in [-0.1, -0.05) is 0 Å². The molecule has 0 N–H and O–H groups in total. The zero-order valence-corrected chi connectivity index (χ0v) is 13.9.